The van der Waals surface area contributed by atoms with Crippen molar-refractivity contribution >= 4 is 15.9 Å². The molecule has 148 valence electrons. The van der Waals surface area contributed by atoms with Crippen molar-refractivity contribution in [1.29, 1.82) is 0 Å². The summed E-state index contributed by atoms with van der Waals surface area (Å²) < 4.78 is 33.6. The summed E-state index contributed by atoms with van der Waals surface area (Å²) in [6.07, 6.45) is 1.70. The van der Waals surface area contributed by atoms with Gasteiger partial charge in [0, 0.05) is 31.9 Å². The number of aromatic nitrogens is 2. The molecule has 0 aliphatic carbocycles. The normalized spacial score (nSPS) is 16.6. The third kappa shape index (κ3) is 4.41. The van der Waals surface area contributed by atoms with Gasteiger partial charge in [0.1, 0.15) is 0 Å². The molecule has 1 unspecified atom stereocenters. The SMILES string of the molecule is Cc1cc(C)n(CC(C)CNC(=O)c2ccc(S(=O)(=O)N3CCCC3)o2)n1. The molecule has 0 spiro atoms. The van der Waals surface area contributed by atoms with Crippen LogP contribution in [0.3, 0.4) is 0 Å². The first kappa shape index (κ1) is 19.6. The van der Waals surface area contributed by atoms with Crippen LogP contribution in [0.1, 0.15) is 41.7 Å². The standard InChI is InChI=1S/C18H26N4O4S/c1-13(12-22-15(3)10-14(2)20-22)11-19-18(23)16-6-7-17(26-16)27(24,25)21-8-4-5-9-21/h6-7,10,13H,4-5,8-9,11-12H2,1-3H3,(H,19,23). The Bertz CT molecular complexity index is 910. The lowest BCUT2D eigenvalue weighted by atomic mass is 10.2. The Morgan fingerprint density at radius 3 is 2.63 bits per heavy atom. The minimum absolute atomic E-state index is 0.00564. The number of hydrogen-bond acceptors (Lipinski definition) is 5. The van der Waals surface area contributed by atoms with Gasteiger partial charge in [0.25, 0.3) is 15.9 Å². The summed E-state index contributed by atoms with van der Waals surface area (Å²) in [6.45, 7) is 8.07. The van der Waals surface area contributed by atoms with Crippen molar-refractivity contribution in [2.45, 2.75) is 45.2 Å². The van der Waals surface area contributed by atoms with Crippen LogP contribution in [0.15, 0.2) is 27.7 Å². The van der Waals surface area contributed by atoms with E-state index in [0.29, 0.717) is 26.2 Å². The van der Waals surface area contributed by atoms with Gasteiger partial charge >= 0.3 is 0 Å². The molecular formula is C18H26N4O4S. The van der Waals surface area contributed by atoms with Crippen molar-refractivity contribution in [3.05, 3.63) is 35.3 Å². The van der Waals surface area contributed by atoms with Crippen LogP contribution >= 0.6 is 0 Å². The Labute approximate surface area is 159 Å². The van der Waals surface area contributed by atoms with Crippen molar-refractivity contribution in [1.82, 2.24) is 19.4 Å². The summed E-state index contributed by atoms with van der Waals surface area (Å²) in [5.74, 6) is -0.251. The van der Waals surface area contributed by atoms with Gasteiger partial charge in [-0.25, -0.2) is 8.42 Å². The van der Waals surface area contributed by atoms with Gasteiger partial charge in [0.05, 0.1) is 5.69 Å². The maximum Gasteiger partial charge on any atom is 0.287 e. The van der Waals surface area contributed by atoms with E-state index in [4.69, 9.17) is 4.42 Å². The fourth-order valence-electron chi connectivity index (χ4n) is 3.21. The second-order valence-electron chi connectivity index (χ2n) is 7.15. The third-order valence-electron chi connectivity index (χ3n) is 4.66. The van der Waals surface area contributed by atoms with Crippen molar-refractivity contribution in [3.63, 3.8) is 0 Å². The zero-order valence-corrected chi connectivity index (χ0v) is 16.8. The first-order chi connectivity index (χ1) is 12.8. The van der Waals surface area contributed by atoms with Gasteiger partial charge < -0.3 is 9.73 Å². The van der Waals surface area contributed by atoms with Gasteiger partial charge in [-0.2, -0.15) is 9.40 Å². The molecule has 1 aliphatic heterocycles. The molecule has 2 aromatic heterocycles. The lowest BCUT2D eigenvalue weighted by Gasteiger charge is -2.14. The monoisotopic (exact) mass is 394 g/mol. The molecule has 0 saturated carbocycles. The molecule has 9 heteroatoms. The van der Waals surface area contributed by atoms with Crippen molar-refractivity contribution in [3.8, 4) is 0 Å². The fraction of sp³-hybridized carbons (Fsp3) is 0.556. The number of carbonyl (C=O) groups is 1. The smallest absolute Gasteiger partial charge is 0.287 e. The van der Waals surface area contributed by atoms with Crippen LogP contribution in [0.25, 0.3) is 0 Å². The molecule has 1 amide bonds. The van der Waals surface area contributed by atoms with Gasteiger partial charge in [-0.05, 0) is 50.8 Å². The van der Waals surface area contributed by atoms with Crippen LogP contribution in [0.5, 0.6) is 0 Å². The molecule has 0 radical (unpaired) electrons. The van der Waals surface area contributed by atoms with E-state index in [2.05, 4.69) is 10.4 Å². The highest BCUT2D eigenvalue weighted by Gasteiger charge is 2.30. The lowest BCUT2D eigenvalue weighted by Crippen LogP contribution is -2.30. The van der Waals surface area contributed by atoms with E-state index in [0.717, 1.165) is 24.2 Å². The second-order valence-corrected chi connectivity index (χ2v) is 9.02. The number of nitrogens with zero attached hydrogens (tertiary/aromatic N) is 3. The predicted octanol–water partition coefficient (Wildman–Crippen LogP) is 1.94. The van der Waals surface area contributed by atoms with Crippen molar-refractivity contribution < 1.29 is 17.6 Å². The topological polar surface area (TPSA) is 97.4 Å². The van der Waals surface area contributed by atoms with Gasteiger partial charge in [-0.1, -0.05) is 6.92 Å². The molecule has 3 rings (SSSR count). The number of hydrogen-bond donors (Lipinski definition) is 1. The molecule has 1 N–H and O–H groups in total. The summed E-state index contributed by atoms with van der Waals surface area (Å²) in [6, 6.07) is 4.77. The largest absolute Gasteiger partial charge is 0.438 e. The van der Waals surface area contributed by atoms with Crippen LogP contribution in [0, 0.1) is 19.8 Å². The number of carbonyl (C=O) groups excluding carboxylic acids is 1. The van der Waals surface area contributed by atoms with Crippen LogP contribution < -0.4 is 5.32 Å². The number of amides is 1. The molecule has 3 heterocycles. The van der Waals surface area contributed by atoms with E-state index < -0.39 is 15.9 Å². The number of furan rings is 1. The van der Waals surface area contributed by atoms with Crippen molar-refractivity contribution in [2.24, 2.45) is 5.92 Å². The molecule has 8 nitrogen and oxygen atoms in total. The van der Waals surface area contributed by atoms with Crippen LogP contribution in [-0.4, -0.2) is 48.0 Å². The van der Waals surface area contributed by atoms with Gasteiger partial charge in [0.15, 0.2) is 5.76 Å². The van der Waals surface area contributed by atoms with Crippen molar-refractivity contribution in [2.75, 3.05) is 19.6 Å². The van der Waals surface area contributed by atoms with Crippen LogP contribution in [-0.2, 0) is 16.6 Å². The quantitative estimate of drug-likeness (QED) is 0.774. The van der Waals surface area contributed by atoms with E-state index in [1.54, 1.807) is 0 Å². The first-order valence-corrected chi connectivity index (χ1v) is 10.6. The van der Waals surface area contributed by atoms with E-state index in [1.807, 2.05) is 31.5 Å². The third-order valence-corrected chi connectivity index (χ3v) is 6.44. The Balaban J connectivity index is 1.57. The zero-order valence-electron chi connectivity index (χ0n) is 15.9. The molecular weight excluding hydrogens is 368 g/mol. The van der Waals surface area contributed by atoms with Gasteiger partial charge in [0.2, 0.25) is 5.09 Å². The highest BCUT2D eigenvalue weighted by Crippen LogP contribution is 2.22. The van der Waals surface area contributed by atoms with Crippen LogP contribution in [0.4, 0.5) is 0 Å². The summed E-state index contributed by atoms with van der Waals surface area (Å²) in [5, 5.41) is 7.04. The maximum absolute atomic E-state index is 12.5. The molecule has 1 atom stereocenters. The molecule has 1 fully saturated rings. The second kappa shape index (κ2) is 7.85. The minimum atomic E-state index is -3.65. The highest BCUT2D eigenvalue weighted by atomic mass is 32.2. The zero-order chi connectivity index (χ0) is 19.6. The summed E-state index contributed by atoms with van der Waals surface area (Å²) in [4.78, 5) is 12.3. The molecule has 1 saturated heterocycles. The Hall–Kier alpha value is -2.13. The number of aryl methyl sites for hydroxylation is 2. The van der Waals surface area contributed by atoms with Gasteiger partial charge in [-0.3, -0.25) is 9.48 Å². The Morgan fingerprint density at radius 1 is 1.30 bits per heavy atom. The molecule has 27 heavy (non-hydrogen) atoms. The van der Waals surface area contributed by atoms with E-state index >= 15 is 0 Å². The van der Waals surface area contributed by atoms with E-state index in [-0.39, 0.29) is 16.8 Å². The summed E-state index contributed by atoms with van der Waals surface area (Å²) in [7, 11) is -3.65. The lowest BCUT2D eigenvalue weighted by molar-refractivity contribution is 0.0913. The van der Waals surface area contributed by atoms with Crippen LogP contribution in [0.2, 0.25) is 0 Å². The minimum Gasteiger partial charge on any atom is -0.438 e. The molecule has 2 aromatic rings. The first-order valence-electron chi connectivity index (χ1n) is 9.16. The average molecular weight is 394 g/mol. The highest BCUT2D eigenvalue weighted by molar-refractivity contribution is 7.89. The molecule has 1 aliphatic rings. The summed E-state index contributed by atoms with van der Waals surface area (Å²) >= 11 is 0. The van der Waals surface area contributed by atoms with E-state index in [1.165, 1.54) is 16.4 Å². The Morgan fingerprint density at radius 2 is 2.00 bits per heavy atom. The van der Waals surface area contributed by atoms with E-state index in [9.17, 15) is 13.2 Å². The summed E-state index contributed by atoms with van der Waals surface area (Å²) in [5.41, 5.74) is 2.04. The average Bonchev–Trinajstić information content (AvgIpc) is 3.34. The Kier molecular flexibility index (Phi) is 5.71. The maximum atomic E-state index is 12.5. The predicted molar refractivity (Wildman–Crippen MR) is 99.9 cm³/mol. The fourth-order valence-corrected chi connectivity index (χ4v) is 4.64. The number of sulfonamides is 1. The molecule has 0 aromatic carbocycles. The number of rotatable bonds is 7. The molecule has 0 bridgehead atoms. The number of nitrogens with one attached hydrogen (secondary N) is 1. The van der Waals surface area contributed by atoms with Gasteiger partial charge in [-0.15, -0.1) is 0 Å².